The van der Waals surface area contributed by atoms with Gasteiger partial charge in [0.05, 0.1) is 23.4 Å². The average molecular weight is 514 g/mol. The number of hydrogen-bond donors (Lipinski definition) is 1. The van der Waals surface area contributed by atoms with Crippen molar-refractivity contribution in [2.24, 2.45) is 0 Å². The van der Waals surface area contributed by atoms with E-state index in [0.717, 1.165) is 18.2 Å². The third-order valence-electron chi connectivity index (χ3n) is 4.68. The van der Waals surface area contributed by atoms with E-state index >= 15 is 0 Å². The fraction of sp³-hybridized carbons (Fsp3) is 0.368. The number of halogens is 5. The molecule has 2 aromatic rings. The summed E-state index contributed by atoms with van der Waals surface area (Å²) in [6, 6.07) is 6.76. The number of hydrogen-bond acceptors (Lipinski definition) is 7. The van der Waals surface area contributed by atoms with Crippen molar-refractivity contribution < 1.29 is 40.2 Å². The summed E-state index contributed by atoms with van der Waals surface area (Å²) >= 11 is 6.07. The molecule has 0 spiro atoms. The standard InChI is InChI=1S/C19H20ClF4N3O5S/c1-30-15-5-3-13(11-14(15)26-8-6-25-7-9-26)33(28,29)27(20)12-2-4-16(31-18(21)22)17(10-12)32-19(23)24/h2-5,10-11,18-19,25H,6-9H2,1H3. The summed E-state index contributed by atoms with van der Waals surface area (Å²) in [4.78, 5) is 1.74. The summed E-state index contributed by atoms with van der Waals surface area (Å²) in [6.45, 7) is -4.06. The van der Waals surface area contributed by atoms with Crippen LogP contribution >= 0.6 is 11.8 Å². The quantitative estimate of drug-likeness (QED) is 0.405. The number of nitrogens with zero attached hydrogens (tertiary/aromatic N) is 2. The maximum atomic E-state index is 13.1. The fourth-order valence-electron chi connectivity index (χ4n) is 3.20. The molecule has 2 aromatic carbocycles. The highest BCUT2D eigenvalue weighted by atomic mass is 35.5. The molecule has 3 rings (SSSR count). The van der Waals surface area contributed by atoms with Gasteiger partial charge in [-0.2, -0.15) is 29.8 Å². The molecule has 0 saturated carbocycles. The summed E-state index contributed by atoms with van der Waals surface area (Å²) in [5.74, 6) is -1.06. The lowest BCUT2D eigenvalue weighted by Crippen LogP contribution is -2.43. The van der Waals surface area contributed by atoms with E-state index in [9.17, 15) is 26.0 Å². The Hall–Kier alpha value is -2.64. The molecule has 1 aliphatic heterocycles. The first-order chi connectivity index (χ1) is 15.6. The second kappa shape index (κ2) is 10.5. The Labute approximate surface area is 192 Å². The van der Waals surface area contributed by atoms with Crippen LogP contribution in [0, 0.1) is 0 Å². The normalized spacial score (nSPS) is 14.5. The third kappa shape index (κ3) is 5.84. The first-order valence-corrected chi connectivity index (χ1v) is 11.3. The van der Waals surface area contributed by atoms with Crippen LogP contribution in [0.2, 0.25) is 0 Å². The van der Waals surface area contributed by atoms with Crippen molar-refractivity contribution in [3.63, 3.8) is 0 Å². The average Bonchev–Trinajstić information content (AvgIpc) is 2.79. The van der Waals surface area contributed by atoms with Gasteiger partial charge >= 0.3 is 13.2 Å². The molecule has 8 nitrogen and oxygen atoms in total. The van der Waals surface area contributed by atoms with Crippen LogP contribution in [-0.2, 0) is 10.0 Å². The van der Waals surface area contributed by atoms with Gasteiger partial charge in [0.25, 0.3) is 10.0 Å². The van der Waals surface area contributed by atoms with Gasteiger partial charge in [-0.1, -0.05) is 0 Å². The number of nitrogens with one attached hydrogen (secondary N) is 1. The fourth-order valence-corrected chi connectivity index (χ4v) is 4.62. The van der Waals surface area contributed by atoms with E-state index in [-0.39, 0.29) is 10.6 Å². The van der Waals surface area contributed by atoms with Gasteiger partial charge in [-0.3, -0.25) is 0 Å². The zero-order chi connectivity index (χ0) is 24.2. The topological polar surface area (TPSA) is 80.3 Å². The Morgan fingerprint density at radius 1 is 0.970 bits per heavy atom. The minimum atomic E-state index is -4.39. The molecule has 33 heavy (non-hydrogen) atoms. The number of rotatable bonds is 9. The minimum absolute atomic E-state index is 0.198. The summed E-state index contributed by atoms with van der Waals surface area (Å²) in [6.07, 6.45) is 0. The largest absolute Gasteiger partial charge is 0.495 e. The summed E-state index contributed by atoms with van der Waals surface area (Å²) in [5.41, 5.74) is 0.209. The van der Waals surface area contributed by atoms with Crippen molar-refractivity contribution in [3.05, 3.63) is 36.4 Å². The van der Waals surface area contributed by atoms with E-state index < -0.39 is 34.7 Å². The van der Waals surface area contributed by atoms with Crippen molar-refractivity contribution in [2.45, 2.75) is 18.1 Å². The molecular formula is C19H20ClF4N3O5S. The predicted molar refractivity (Wildman–Crippen MR) is 113 cm³/mol. The van der Waals surface area contributed by atoms with Crippen LogP contribution in [0.3, 0.4) is 0 Å². The first-order valence-electron chi connectivity index (χ1n) is 9.52. The van der Waals surface area contributed by atoms with Crippen molar-refractivity contribution in [2.75, 3.05) is 42.0 Å². The Morgan fingerprint density at radius 3 is 2.18 bits per heavy atom. The molecule has 1 saturated heterocycles. The third-order valence-corrected chi connectivity index (χ3v) is 6.90. The lowest BCUT2D eigenvalue weighted by Gasteiger charge is -2.31. The maximum absolute atomic E-state index is 13.1. The van der Waals surface area contributed by atoms with Gasteiger partial charge in [-0.15, -0.1) is 0 Å². The van der Waals surface area contributed by atoms with Crippen molar-refractivity contribution >= 4 is 33.2 Å². The zero-order valence-electron chi connectivity index (χ0n) is 17.2. The van der Waals surface area contributed by atoms with Crippen LogP contribution < -0.4 is 28.3 Å². The molecule has 0 unspecified atom stereocenters. The highest BCUT2D eigenvalue weighted by molar-refractivity contribution is 7.94. The number of anilines is 2. The van der Waals surface area contributed by atoms with Crippen LogP contribution in [0.1, 0.15) is 0 Å². The number of methoxy groups -OCH3 is 1. The molecule has 0 atom stereocenters. The Bertz CT molecular complexity index is 1070. The summed E-state index contributed by atoms with van der Waals surface area (Å²) in [5, 5.41) is 3.19. The highest BCUT2D eigenvalue weighted by Crippen LogP contribution is 2.38. The Balaban J connectivity index is 1.97. The van der Waals surface area contributed by atoms with Gasteiger partial charge in [0.1, 0.15) is 5.75 Å². The molecule has 1 aliphatic rings. The number of alkyl halides is 4. The lowest BCUT2D eigenvalue weighted by molar-refractivity contribution is -0.0691. The van der Waals surface area contributed by atoms with Crippen LogP contribution in [0.25, 0.3) is 0 Å². The number of sulfonamides is 1. The van der Waals surface area contributed by atoms with Crippen molar-refractivity contribution in [1.29, 1.82) is 0 Å². The van der Waals surface area contributed by atoms with Gasteiger partial charge < -0.3 is 24.4 Å². The first kappa shape index (κ1) is 25.0. The molecular weight excluding hydrogens is 494 g/mol. The molecule has 14 heteroatoms. The molecule has 1 heterocycles. The zero-order valence-corrected chi connectivity index (χ0v) is 18.8. The van der Waals surface area contributed by atoms with E-state index in [1.165, 1.54) is 25.3 Å². The predicted octanol–water partition coefficient (Wildman–Crippen LogP) is 3.66. The lowest BCUT2D eigenvalue weighted by atomic mass is 10.2. The molecule has 0 bridgehead atoms. The SMILES string of the molecule is COc1ccc(S(=O)(=O)N(Cl)c2ccc(OC(F)F)c(OC(F)F)c2)cc1N1CCNCC1. The second-order valence-corrected chi connectivity index (χ2v) is 9.00. The second-order valence-electron chi connectivity index (χ2n) is 6.68. The van der Waals surface area contributed by atoms with Gasteiger partial charge in [0.15, 0.2) is 11.5 Å². The van der Waals surface area contributed by atoms with Crippen LogP contribution in [0.15, 0.2) is 41.3 Å². The summed E-state index contributed by atoms with van der Waals surface area (Å²) < 4.78 is 90.8. The molecule has 182 valence electrons. The molecule has 0 aromatic heterocycles. The molecule has 1 N–H and O–H groups in total. The van der Waals surface area contributed by atoms with Crippen LogP contribution in [0.5, 0.6) is 17.2 Å². The van der Waals surface area contributed by atoms with Crippen molar-refractivity contribution in [1.82, 2.24) is 5.32 Å². The van der Waals surface area contributed by atoms with Crippen molar-refractivity contribution in [3.8, 4) is 17.2 Å². The minimum Gasteiger partial charge on any atom is -0.495 e. The van der Waals surface area contributed by atoms with Gasteiger partial charge in [0, 0.05) is 44.0 Å². The van der Waals surface area contributed by atoms with Gasteiger partial charge in [-0.05, 0) is 30.3 Å². The Kier molecular flexibility index (Phi) is 7.97. The smallest absolute Gasteiger partial charge is 0.387 e. The van der Waals surface area contributed by atoms with E-state index in [1.54, 1.807) is 0 Å². The highest BCUT2D eigenvalue weighted by Gasteiger charge is 2.28. The van der Waals surface area contributed by atoms with E-state index in [1.807, 2.05) is 4.90 Å². The molecule has 0 radical (unpaired) electrons. The summed E-state index contributed by atoms with van der Waals surface area (Å²) in [7, 11) is -2.94. The van der Waals surface area contributed by atoms with Gasteiger partial charge in [0.2, 0.25) is 0 Å². The number of benzene rings is 2. The number of piperazine rings is 1. The monoisotopic (exact) mass is 513 g/mol. The molecule has 0 amide bonds. The van der Waals surface area contributed by atoms with E-state index in [4.69, 9.17) is 16.5 Å². The van der Waals surface area contributed by atoms with E-state index in [2.05, 4.69) is 14.8 Å². The van der Waals surface area contributed by atoms with Crippen LogP contribution in [-0.4, -0.2) is 54.9 Å². The molecule has 0 aliphatic carbocycles. The number of ether oxygens (including phenoxy) is 3. The van der Waals surface area contributed by atoms with Crippen LogP contribution in [0.4, 0.5) is 28.9 Å². The van der Waals surface area contributed by atoms with Gasteiger partial charge in [-0.25, -0.2) is 0 Å². The Morgan fingerprint density at radius 2 is 1.58 bits per heavy atom. The molecule has 1 fully saturated rings. The van der Waals surface area contributed by atoms with E-state index in [0.29, 0.717) is 41.4 Å². The maximum Gasteiger partial charge on any atom is 0.387 e.